The third-order valence-corrected chi connectivity index (χ3v) is 7.44. The van der Waals surface area contributed by atoms with Crippen molar-refractivity contribution in [3.05, 3.63) is 23.8 Å². The number of methoxy groups -OCH3 is 3. The van der Waals surface area contributed by atoms with Gasteiger partial charge in [-0.1, -0.05) is 6.42 Å². The molecule has 3 fully saturated rings. The van der Waals surface area contributed by atoms with Crippen LogP contribution in [0.15, 0.2) is 18.2 Å². The van der Waals surface area contributed by atoms with E-state index in [1.165, 1.54) is 19.3 Å². The van der Waals surface area contributed by atoms with Crippen molar-refractivity contribution in [1.29, 1.82) is 0 Å². The summed E-state index contributed by atoms with van der Waals surface area (Å²) in [6.45, 7) is 6.70. The lowest BCUT2D eigenvalue weighted by molar-refractivity contribution is -0.135. The highest BCUT2D eigenvalue weighted by molar-refractivity contribution is 5.92. The Kier molecular flexibility index (Phi) is 8.51. The smallest absolute Gasteiger partial charge is 0.246 e. The predicted octanol–water partition coefficient (Wildman–Crippen LogP) is 1.57. The quantitative estimate of drug-likeness (QED) is 0.517. The maximum absolute atomic E-state index is 12.8. The van der Waals surface area contributed by atoms with Crippen LogP contribution in [-0.4, -0.2) is 118 Å². The van der Waals surface area contributed by atoms with E-state index in [9.17, 15) is 9.59 Å². The number of hydrogen-bond acceptors (Lipinski definition) is 7. The van der Waals surface area contributed by atoms with Crippen LogP contribution in [0.25, 0.3) is 6.08 Å². The molecule has 1 aromatic carbocycles. The summed E-state index contributed by atoms with van der Waals surface area (Å²) in [4.78, 5) is 34.1. The number of carbonyl (C=O) groups is 2. The lowest BCUT2D eigenvalue weighted by Crippen LogP contribution is -2.56. The van der Waals surface area contributed by atoms with Gasteiger partial charge in [-0.05, 0) is 25.0 Å². The zero-order valence-corrected chi connectivity index (χ0v) is 21.2. The zero-order chi connectivity index (χ0) is 24.8. The molecule has 2 amide bonds. The third kappa shape index (κ3) is 6.08. The Labute approximate surface area is 208 Å². The molecular weight excluding hydrogens is 448 g/mol. The van der Waals surface area contributed by atoms with E-state index < -0.39 is 0 Å². The predicted molar refractivity (Wildman–Crippen MR) is 134 cm³/mol. The fourth-order valence-electron chi connectivity index (χ4n) is 4.96. The summed E-state index contributed by atoms with van der Waals surface area (Å²) in [6, 6.07) is 4.28. The third-order valence-electron chi connectivity index (χ3n) is 7.44. The van der Waals surface area contributed by atoms with Crippen molar-refractivity contribution in [2.24, 2.45) is 0 Å². The largest absolute Gasteiger partial charge is 0.496 e. The molecule has 192 valence electrons. The van der Waals surface area contributed by atoms with Gasteiger partial charge in [0.25, 0.3) is 0 Å². The molecule has 0 unspecified atom stereocenters. The van der Waals surface area contributed by atoms with Crippen molar-refractivity contribution in [2.45, 2.75) is 25.3 Å². The van der Waals surface area contributed by atoms with Crippen LogP contribution in [0.3, 0.4) is 0 Å². The van der Waals surface area contributed by atoms with Crippen LogP contribution >= 0.6 is 0 Å². The van der Waals surface area contributed by atoms with E-state index in [4.69, 9.17) is 14.2 Å². The van der Waals surface area contributed by atoms with Gasteiger partial charge in [0.1, 0.15) is 5.75 Å². The summed E-state index contributed by atoms with van der Waals surface area (Å²) in [5.41, 5.74) is 0.736. The summed E-state index contributed by atoms with van der Waals surface area (Å²) in [5, 5.41) is 0. The molecule has 0 aromatic heterocycles. The molecule has 0 spiro atoms. The molecule has 9 heteroatoms. The van der Waals surface area contributed by atoms with Crippen LogP contribution in [-0.2, 0) is 9.59 Å². The van der Waals surface area contributed by atoms with E-state index in [0.717, 1.165) is 37.8 Å². The van der Waals surface area contributed by atoms with Gasteiger partial charge in [-0.25, -0.2) is 0 Å². The number of ether oxygens (including phenoxy) is 3. The average molecular weight is 487 g/mol. The normalized spacial score (nSPS) is 20.1. The molecule has 1 saturated carbocycles. The monoisotopic (exact) mass is 486 g/mol. The molecule has 4 rings (SSSR count). The number of nitrogens with zero attached hydrogens (tertiary/aromatic N) is 4. The van der Waals surface area contributed by atoms with Gasteiger partial charge in [0.15, 0.2) is 11.5 Å². The van der Waals surface area contributed by atoms with E-state index in [0.29, 0.717) is 50.0 Å². The van der Waals surface area contributed by atoms with Crippen molar-refractivity contribution < 1.29 is 23.8 Å². The summed E-state index contributed by atoms with van der Waals surface area (Å²) in [6.07, 6.45) is 7.27. The first kappa shape index (κ1) is 25.3. The molecular formula is C26H38N4O5. The van der Waals surface area contributed by atoms with Gasteiger partial charge in [-0.2, -0.15) is 0 Å². The second-order valence-electron chi connectivity index (χ2n) is 9.39. The van der Waals surface area contributed by atoms with E-state index in [1.54, 1.807) is 45.6 Å². The van der Waals surface area contributed by atoms with E-state index in [2.05, 4.69) is 9.80 Å². The highest BCUT2D eigenvalue weighted by Crippen LogP contribution is 2.35. The number of amides is 2. The average Bonchev–Trinajstić information content (AvgIpc) is 2.86. The van der Waals surface area contributed by atoms with Crippen LogP contribution in [0.5, 0.6) is 17.2 Å². The van der Waals surface area contributed by atoms with Gasteiger partial charge in [0, 0.05) is 76.1 Å². The van der Waals surface area contributed by atoms with Gasteiger partial charge in [-0.15, -0.1) is 0 Å². The Hall–Kier alpha value is -2.78. The lowest BCUT2D eigenvalue weighted by Gasteiger charge is -2.43. The number of benzene rings is 1. The molecule has 0 atom stereocenters. The number of carbonyl (C=O) groups excluding carboxylic acids is 2. The Balaban J connectivity index is 1.24. The second kappa shape index (κ2) is 11.8. The van der Waals surface area contributed by atoms with Crippen LogP contribution in [0.2, 0.25) is 0 Å². The molecule has 2 saturated heterocycles. The van der Waals surface area contributed by atoms with Crippen molar-refractivity contribution in [1.82, 2.24) is 19.6 Å². The highest BCUT2D eigenvalue weighted by atomic mass is 16.5. The summed E-state index contributed by atoms with van der Waals surface area (Å²) in [5.74, 6) is 1.89. The van der Waals surface area contributed by atoms with E-state index in [1.807, 2.05) is 9.80 Å². The lowest BCUT2D eigenvalue weighted by atomic mass is 9.91. The van der Waals surface area contributed by atoms with Gasteiger partial charge < -0.3 is 24.0 Å². The molecule has 0 radical (unpaired) electrons. The molecule has 2 aliphatic heterocycles. The molecule has 9 nitrogen and oxygen atoms in total. The zero-order valence-electron chi connectivity index (χ0n) is 21.2. The van der Waals surface area contributed by atoms with Crippen LogP contribution in [0.1, 0.15) is 24.8 Å². The van der Waals surface area contributed by atoms with Crippen LogP contribution < -0.4 is 14.2 Å². The van der Waals surface area contributed by atoms with E-state index in [-0.39, 0.29) is 11.8 Å². The van der Waals surface area contributed by atoms with Gasteiger partial charge >= 0.3 is 0 Å². The van der Waals surface area contributed by atoms with Crippen molar-refractivity contribution in [3.63, 3.8) is 0 Å². The minimum Gasteiger partial charge on any atom is -0.496 e. The molecule has 0 N–H and O–H groups in total. The first-order valence-electron chi connectivity index (χ1n) is 12.5. The van der Waals surface area contributed by atoms with Crippen LogP contribution in [0.4, 0.5) is 0 Å². The van der Waals surface area contributed by atoms with Crippen molar-refractivity contribution >= 4 is 17.9 Å². The van der Waals surface area contributed by atoms with Gasteiger partial charge in [0.2, 0.25) is 11.8 Å². The first-order valence-corrected chi connectivity index (χ1v) is 12.5. The second-order valence-corrected chi connectivity index (χ2v) is 9.39. The Morgan fingerprint density at radius 2 is 1.43 bits per heavy atom. The molecule has 1 aromatic rings. The Bertz CT molecular complexity index is 917. The topological polar surface area (TPSA) is 74.8 Å². The van der Waals surface area contributed by atoms with Gasteiger partial charge in [0.05, 0.1) is 27.9 Å². The summed E-state index contributed by atoms with van der Waals surface area (Å²) >= 11 is 0. The molecule has 35 heavy (non-hydrogen) atoms. The van der Waals surface area contributed by atoms with Crippen molar-refractivity contribution in [2.75, 3.05) is 80.2 Å². The maximum atomic E-state index is 12.8. The molecule has 3 aliphatic rings. The number of rotatable bonds is 8. The summed E-state index contributed by atoms with van der Waals surface area (Å²) in [7, 11) is 4.72. The fourth-order valence-corrected chi connectivity index (χ4v) is 4.96. The Morgan fingerprint density at radius 1 is 0.829 bits per heavy atom. The van der Waals surface area contributed by atoms with E-state index >= 15 is 0 Å². The fraction of sp³-hybridized carbons (Fsp3) is 0.615. The SMILES string of the molecule is COc1cc(OC)c(OC)cc1C=CC(=O)N1CCN(CC(=O)N2CCN(C3CCC3)CC2)CC1. The first-order chi connectivity index (χ1) is 17.0. The minimum absolute atomic E-state index is 0.0556. The number of piperazine rings is 2. The minimum atomic E-state index is -0.0556. The standard InChI is InChI=1S/C26H38N4O5/c1-33-22-18-24(35-3)23(34-2)17-20(22)7-8-25(31)29-11-9-27(10-12-29)19-26(32)30-15-13-28(14-16-30)21-5-4-6-21/h7-8,17-18,21H,4-6,9-16,19H2,1-3H3. The van der Waals surface area contributed by atoms with Gasteiger partial charge in [-0.3, -0.25) is 19.4 Å². The summed E-state index contributed by atoms with van der Waals surface area (Å²) < 4.78 is 16.1. The molecule has 0 bridgehead atoms. The molecule has 2 heterocycles. The number of hydrogen-bond donors (Lipinski definition) is 0. The maximum Gasteiger partial charge on any atom is 0.246 e. The highest BCUT2D eigenvalue weighted by Gasteiger charge is 2.30. The Morgan fingerprint density at radius 3 is 2.00 bits per heavy atom. The molecule has 1 aliphatic carbocycles. The van der Waals surface area contributed by atoms with Crippen molar-refractivity contribution in [3.8, 4) is 17.2 Å². The van der Waals surface area contributed by atoms with Crippen LogP contribution in [0, 0.1) is 0 Å².